The van der Waals surface area contributed by atoms with Gasteiger partial charge in [0.2, 0.25) is 10.0 Å². The van der Waals surface area contributed by atoms with Gasteiger partial charge in [0, 0.05) is 19.6 Å². The molecule has 0 spiro atoms. The number of nitrogens with zero attached hydrogens (tertiary/aromatic N) is 1. The van der Waals surface area contributed by atoms with Gasteiger partial charge in [0.15, 0.2) is 0 Å². The minimum Gasteiger partial charge on any atom is -0.348 e. The zero-order valence-corrected chi connectivity index (χ0v) is 16.9. The van der Waals surface area contributed by atoms with Crippen molar-refractivity contribution in [2.24, 2.45) is 0 Å². The summed E-state index contributed by atoms with van der Waals surface area (Å²) < 4.78 is 40.6. The number of amides is 1. The SMILES string of the molecule is O=C(NCc1cccc(F)c1)c1cc(S(=O)(=O)N2CCCCCC2)ccc1Cl. The molecule has 0 aromatic heterocycles. The fourth-order valence-electron chi connectivity index (χ4n) is 3.19. The zero-order chi connectivity index (χ0) is 20.1. The molecule has 2 aromatic rings. The molecule has 0 aliphatic carbocycles. The second-order valence-corrected chi connectivity index (χ2v) is 9.12. The third-order valence-electron chi connectivity index (χ3n) is 4.73. The van der Waals surface area contributed by atoms with Crippen molar-refractivity contribution in [2.45, 2.75) is 37.1 Å². The minimum absolute atomic E-state index is 0.0507. The first-order valence-corrected chi connectivity index (χ1v) is 11.0. The van der Waals surface area contributed by atoms with Gasteiger partial charge in [-0.25, -0.2) is 12.8 Å². The van der Waals surface area contributed by atoms with E-state index in [0.717, 1.165) is 25.7 Å². The number of benzene rings is 2. The summed E-state index contributed by atoms with van der Waals surface area (Å²) in [6.45, 7) is 1.06. The van der Waals surface area contributed by atoms with Gasteiger partial charge in [-0.1, -0.05) is 36.6 Å². The van der Waals surface area contributed by atoms with Crippen molar-refractivity contribution in [2.75, 3.05) is 13.1 Å². The van der Waals surface area contributed by atoms with Crippen LogP contribution in [0.15, 0.2) is 47.4 Å². The molecule has 1 N–H and O–H groups in total. The average molecular weight is 425 g/mol. The highest BCUT2D eigenvalue weighted by atomic mass is 35.5. The first kappa shape index (κ1) is 20.8. The molecular formula is C20H22ClFN2O3S. The predicted molar refractivity (Wildman–Crippen MR) is 106 cm³/mol. The highest BCUT2D eigenvalue weighted by Gasteiger charge is 2.26. The number of hydrogen-bond acceptors (Lipinski definition) is 3. The quantitative estimate of drug-likeness (QED) is 0.789. The normalized spacial score (nSPS) is 15.8. The van der Waals surface area contributed by atoms with E-state index in [2.05, 4.69) is 5.32 Å². The van der Waals surface area contributed by atoms with Crippen molar-refractivity contribution in [1.29, 1.82) is 0 Å². The van der Waals surface area contributed by atoms with Crippen LogP contribution < -0.4 is 5.32 Å². The highest BCUT2D eigenvalue weighted by Crippen LogP contribution is 2.25. The van der Waals surface area contributed by atoms with Crippen molar-refractivity contribution in [3.8, 4) is 0 Å². The van der Waals surface area contributed by atoms with E-state index in [0.29, 0.717) is 18.7 Å². The van der Waals surface area contributed by atoms with Crippen LogP contribution in [0.2, 0.25) is 5.02 Å². The molecule has 3 rings (SSSR count). The molecule has 0 saturated carbocycles. The van der Waals surface area contributed by atoms with E-state index in [1.165, 1.54) is 34.6 Å². The molecule has 150 valence electrons. The van der Waals surface area contributed by atoms with Gasteiger partial charge >= 0.3 is 0 Å². The Morgan fingerprint density at radius 3 is 2.46 bits per heavy atom. The molecule has 0 radical (unpaired) electrons. The lowest BCUT2D eigenvalue weighted by Crippen LogP contribution is -2.32. The van der Waals surface area contributed by atoms with Crippen LogP contribution in [-0.4, -0.2) is 31.7 Å². The lowest BCUT2D eigenvalue weighted by Gasteiger charge is -2.20. The predicted octanol–water partition coefficient (Wildman–Crippen LogP) is 3.97. The molecule has 2 aromatic carbocycles. The molecule has 1 aliphatic heterocycles. The average Bonchev–Trinajstić information content (AvgIpc) is 2.96. The van der Waals surface area contributed by atoms with E-state index in [-0.39, 0.29) is 22.0 Å². The molecule has 5 nitrogen and oxygen atoms in total. The first-order chi connectivity index (χ1) is 13.4. The Morgan fingerprint density at radius 1 is 1.07 bits per heavy atom. The maximum Gasteiger partial charge on any atom is 0.253 e. The largest absolute Gasteiger partial charge is 0.348 e. The first-order valence-electron chi connectivity index (χ1n) is 9.20. The number of hydrogen-bond donors (Lipinski definition) is 1. The molecule has 1 amide bonds. The van der Waals surface area contributed by atoms with Crippen LogP contribution in [0.5, 0.6) is 0 Å². The molecular weight excluding hydrogens is 403 g/mol. The molecule has 1 saturated heterocycles. The molecule has 0 bridgehead atoms. The zero-order valence-electron chi connectivity index (χ0n) is 15.3. The summed E-state index contributed by atoms with van der Waals surface area (Å²) in [4.78, 5) is 12.6. The van der Waals surface area contributed by atoms with Gasteiger partial charge in [0.05, 0.1) is 15.5 Å². The van der Waals surface area contributed by atoms with Gasteiger partial charge < -0.3 is 5.32 Å². The highest BCUT2D eigenvalue weighted by molar-refractivity contribution is 7.89. The second kappa shape index (κ2) is 9.03. The number of rotatable bonds is 5. The summed E-state index contributed by atoms with van der Waals surface area (Å²) in [6, 6.07) is 10.0. The van der Waals surface area contributed by atoms with Crippen molar-refractivity contribution >= 4 is 27.5 Å². The van der Waals surface area contributed by atoms with Crippen LogP contribution >= 0.6 is 11.6 Å². The third kappa shape index (κ3) is 4.90. The summed E-state index contributed by atoms with van der Waals surface area (Å²) in [5.41, 5.74) is 0.673. The van der Waals surface area contributed by atoms with Crippen LogP contribution in [0.4, 0.5) is 4.39 Å². The third-order valence-corrected chi connectivity index (χ3v) is 6.95. The number of sulfonamides is 1. The summed E-state index contributed by atoms with van der Waals surface area (Å²) in [6.07, 6.45) is 3.68. The molecule has 1 heterocycles. The molecule has 1 fully saturated rings. The summed E-state index contributed by atoms with van der Waals surface area (Å²) in [5.74, 6) is -0.905. The Morgan fingerprint density at radius 2 is 1.79 bits per heavy atom. The van der Waals surface area contributed by atoms with E-state index < -0.39 is 21.7 Å². The minimum atomic E-state index is -3.69. The molecule has 8 heteroatoms. The van der Waals surface area contributed by atoms with Gasteiger partial charge in [0.25, 0.3) is 5.91 Å². The van der Waals surface area contributed by atoms with Crippen LogP contribution in [0, 0.1) is 5.82 Å². The van der Waals surface area contributed by atoms with Crippen molar-refractivity contribution in [1.82, 2.24) is 9.62 Å². The summed E-state index contributed by atoms with van der Waals surface area (Å²) >= 11 is 6.13. The Bertz CT molecular complexity index is 958. The molecule has 1 aliphatic rings. The summed E-state index contributed by atoms with van der Waals surface area (Å²) in [5, 5.41) is 2.81. The fraction of sp³-hybridized carbons (Fsp3) is 0.350. The standard InChI is InChI=1S/C20H22ClFN2O3S/c21-19-9-8-17(28(26,27)24-10-3-1-2-4-11-24)13-18(19)20(25)23-14-15-6-5-7-16(22)12-15/h5-9,12-13H,1-4,10-11,14H2,(H,23,25). The lowest BCUT2D eigenvalue weighted by atomic mass is 10.2. The Hall–Kier alpha value is -1.96. The van der Waals surface area contributed by atoms with Crippen LogP contribution in [0.25, 0.3) is 0 Å². The van der Waals surface area contributed by atoms with E-state index >= 15 is 0 Å². The Balaban J connectivity index is 1.79. The maximum absolute atomic E-state index is 13.3. The number of carbonyl (C=O) groups is 1. The van der Waals surface area contributed by atoms with Crippen molar-refractivity contribution in [3.05, 3.63) is 64.4 Å². The van der Waals surface area contributed by atoms with E-state index in [1.807, 2.05) is 0 Å². The van der Waals surface area contributed by atoms with Crippen LogP contribution in [-0.2, 0) is 16.6 Å². The van der Waals surface area contributed by atoms with E-state index in [1.54, 1.807) is 12.1 Å². The topological polar surface area (TPSA) is 66.5 Å². The van der Waals surface area contributed by atoms with Gasteiger partial charge in [-0.15, -0.1) is 0 Å². The van der Waals surface area contributed by atoms with Gasteiger partial charge in [-0.05, 0) is 48.7 Å². The Kier molecular flexibility index (Phi) is 6.69. The van der Waals surface area contributed by atoms with E-state index in [4.69, 9.17) is 11.6 Å². The molecule has 0 atom stereocenters. The van der Waals surface area contributed by atoms with Crippen LogP contribution in [0.3, 0.4) is 0 Å². The maximum atomic E-state index is 13.3. The smallest absolute Gasteiger partial charge is 0.253 e. The summed E-state index contributed by atoms with van der Waals surface area (Å²) in [7, 11) is -3.69. The number of carbonyl (C=O) groups excluding carboxylic acids is 1. The number of nitrogens with one attached hydrogen (secondary N) is 1. The second-order valence-electron chi connectivity index (χ2n) is 6.77. The lowest BCUT2D eigenvalue weighted by molar-refractivity contribution is 0.0950. The molecule has 0 unspecified atom stereocenters. The van der Waals surface area contributed by atoms with Gasteiger partial charge in [-0.3, -0.25) is 4.79 Å². The molecule has 28 heavy (non-hydrogen) atoms. The van der Waals surface area contributed by atoms with Gasteiger partial charge in [0.1, 0.15) is 5.82 Å². The van der Waals surface area contributed by atoms with Crippen molar-refractivity contribution in [3.63, 3.8) is 0 Å². The Labute approximate surface area is 169 Å². The van der Waals surface area contributed by atoms with Gasteiger partial charge in [-0.2, -0.15) is 4.31 Å². The van der Waals surface area contributed by atoms with Crippen LogP contribution in [0.1, 0.15) is 41.6 Å². The fourth-order valence-corrected chi connectivity index (χ4v) is 4.94. The monoisotopic (exact) mass is 424 g/mol. The van der Waals surface area contributed by atoms with Crippen molar-refractivity contribution < 1.29 is 17.6 Å². The van der Waals surface area contributed by atoms with E-state index in [9.17, 15) is 17.6 Å². The number of halogens is 2.